The SMILES string of the molecule is Cc1c(C(=O)NOC2CCCC2)oc2ccc(Cl)cc12. The van der Waals surface area contributed by atoms with Crippen molar-refractivity contribution in [2.45, 2.75) is 38.7 Å². The van der Waals surface area contributed by atoms with Crippen molar-refractivity contribution in [1.29, 1.82) is 0 Å². The zero-order chi connectivity index (χ0) is 14.1. The molecule has 3 rings (SSSR count). The third-order valence-electron chi connectivity index (χ3n) is 3.72. The molecular formula is C15H16ClNO3. The number of nitrogens with one attached hydrogen (secondary N) is 1. The average Bonchev–Trinajstić information content (AvgIpc) is 3.05. The highest BCUT2D eigenvalue weighted by molar-refractivity contribution is 6.31. The van der Waals surface area contributed by atoms with Crippen LogP contribution in [0.2, 0.25) is 5.02 Å². The lowest BCUT2D eigenvalue weighted by Crippen LogP contribution is -2.28. The Morgan fingerprint density at radius 1 is 1.40 bits per heavy atom. The van der Waals surface area contributed by atoms with Crippen LogP contribution in [0.5, 0.6) is 0 Å². The fourth-order valence-electron chi connectivity index (χ4n) is 2.60. The summed E-state index contributed by atoms with van der Waals surface area (Å²) in [4.78, 5) is 17.5. The topological polar surface area (TPSA) is 51.5 Å². The molecule has 1 aromatic heterocycles. The van der Waals surface area contributed by atoms with Gasteiger partial charge in [0.25, 0.3) is 0 Å². The lowest BCUT2D eigenvalue weighted by Gasteiger charge is -2.10. The number of hydrogen-bond donors (Lipinski definition) is 1. The van der Waals surface area contributed by atoms with Crippen LogP contribution in [-0.2, 0) is 4.84 Å². The molecule has 0 bridgehead atoms. The van der Waals surface area contributed by atoms with Crippen LogP contribution in [0.25, 0.3) is 11.0 Å². The average molecular weight is 294 g/mol. The maximum absolute atomic E-state index is 12.1. The van der Waals surface area contributed by atoms with Crippen LogP contribution in [0.1, 0.15) is 41.8 Å². The number of carbonyl (C=O) groups is 1. The van der Waals surface area contributed by atoms with Crippen molar-refractivity contribution in [1.82, 2.24) is 5.48 Å². The van der Waals surface area contributed by atoms with Gasteiger partial charge in [-0.15, -0.1) is 0 Å². The van der Waals surface area contributed by atoms with Gasteiger partial charge in [0.1, 0.15) is 5.58 Å². The Morgan fingerprint density at radius 2 is 2.15 bits per heavy atom. The van der Waals surface area contributed by atoms with Gasteiger partial charge >= 0.3 is 5.91 Å². The molecule has 1 aliphatic rings. The van der Waals surface area contributed by atoms with E-state index in [0.29, 0.717) is 10.6 Å². The van der Waals surface area contributed by atoms with Crippen LogP contribution in [0.15, 0.2) is 22.6 Å². The van der Waals surface area contributed by atoms with Gasteiger partial charge in [0.05, 0.1) is 6.10 Å². The second-order valence-corrected chi connectivity index (χ2v) is 5.59. The number of fused-ring (bicyclic) bond motifs is 1. The Balaban J connectivity index is 1.78. The quantitative estimate of drug-likeness (QED) is 0.870. The van der Waals surface area contributed by atoms with Crippen LogP contribution in [0, 0.1) is 6.92 Å². The molecule has 0 saturated heterocycles. The molecule has 0 unspecified atom stereocenters. The van der Waals surface area contributed by atoms with Gasteiger partial charge in [0.15, 0.2) is 5.76 Å². The number of aryl methyl sites for hydroxylation is 1. The molecule has 1 heterocycles. The summed E-state index contributed by atoms with van der Waals surface area (Å²) in [6, 6.07) is 5.30. The molecule has 0 atom stereocenters. The van der Waals surface area contributed by atoms with Gasteiger partial charge in [0, 0.05) is 16.0 Å². The highest BCUT2D eigenvalue weighted by atomic mass is 35.5. The molecule has 0 spiro atoms. The molecule has 5 heteroatoms. The van der Waals surface area contributed by atoms with Crippen molar-refractivity contribution in [3.8, 4) is 0 Å². The minimum atomic E-state index is -0.346. The number of rotatable bonds is 3. The monoisotopic (exact) mass is 293 g/mol. The summed E-state index contributed by atoms with van der Waals surface area (Å²) < 4.78 is 5.58. The largest absolute Gasteiger partial charge is 0.451 e. The molecule has 4 nitrogen and oxygen atoms in total. The zero-order valence-electron chi connectivity index (χ0n) is 11.2. The third kappa shape index (κ3) is 2.53. The van der Waals surface area contributed by atoms with E-state index in [4.69, 9.17) is 20.9 Å². The first kappa shape index (κ1) is 13.5. The molecule has 1 saturated carbocycles. The minimum Gasteiger partial charge on any atom is -0.451 e. The van der Waals surface area contributed by atoms with E-state index in [9.17, 15) is 4.79 Å². The highest BCUT2D eigenvalue weighted by Gasteiger charge is 2.21. The molecular weight excluding hydrogens is 278 g/mol. The number of furan rings is 1. The Morgan fingerprint density at radius 3 is 2.90 bits per heavy atom. The van der Waals surface area contributed by atoms with Gasteiger partial charge in [-0.25, -0.2) is 5.48 Å². The molecule has 0 radical (unpaired) electrons. The van der Waals surface area contributed by atoms with E-state index in [0.717, 1.165) is 36.6 Å². The third-order valence-corrected chi connectivity index (χ3v) is 3.96. The molecule has 20 heavy (non-hydrogen) atoms. The van der Waals surface area contributed by atoms with Gasteiger partial charge in [-0.3, -0.25) is 9.63 Å². The van der Waals surface area contributed by atoms with Gasteiger partial charge in [-0.05, 0) is 38.0 Å². The molecule has 1 amide bonds. The second kappa shape index (κ2) is 5.46. The predicted molar refractivity (Wildman–Crippen MR) is 76.8 cm³/mol. The van der Waals surface area contributed by atoms with E-state index in [1.165, 1.54) is 0 Å². The lowest BCUT2D eigenvalue weighted by molar-refractivity contribution is -0.0138. The predicted octanol–water partition coefficient (Wildman–Crippen LogP) is 4.00. The summed E-state index contributed by atoms with van der Waals surface area (Å²) in [5, 5.41) is 1.47. The first-order chi connectivity index (χ1) is 9.65. The normalized spacial score (nSPS) is 15.9. The fraction of sp³-hybridized carbons (Fsp3) is 0.400. The number of halogens is 1. The standard InChI is InChI=1S/C15H16ClNO3/c1-9-12-8-10(16)6-7-13(12)19-14(9)15(18)17-20-11-4-2-3-5-11/h6-8,11H,2-5H2,1H3,(H,17,18). The van der Waals surface area contributed by atoms with Crippen molar-refractivity contribution < 1.29 is 14.0 Å². The van der Waals surface area contributed by atoms with E-state index in [1.807, 2.05) is 6.92 Å². The summed E-state index contributed by atoms with van der Waals surface area (Å²) >= 11 is 5.96. The highest BCUT2D eigenvalue weighted by Crippen LogP contribution is 2.28. The summed E-state index contributed by atoms with van der Waals surface area (Å²) in [6.07, 6.45) is 4.42. The molecule has 106 valence electrons. The van der Waals surface area contributed by atoms with Crippen molar-refractivity contribution in [2.75, 3.05) is 0 Å². The van der Waals surface area contributed by atoms with Gasteiger partial charge < -0.3 is 4.42 Å². The van der Waals surface area contributed by atoms with Crippen molar-refractivity contribution in [2.24, 2.45) is 0 Å². The van der Waals surface area contributed by atoms with Gasteiger partial charge in [-0.2, -0.15) is 0 Å². The molecule has 2 aromatic rings. The van der Waals surface area contributed by atoms with E-state index in [-0.39, 0.29) is 17.8 Å². The molecule has 1 N–H and O–H groups in total. The van der Waals surface area contributed by atoms with Crippen LogP contribution in [-0.4, -0.2) is 12.0 Å². The van der Waals surface area contributed by atoms with Crippen molar-refractivity contribution >= 4 is 28.5 Å². The van der Waals surface area contributed by atoms with Gasteiger partial charge in [0.2, 0.25) is 0 Å². The summed E-state index contributed by atoms with van der Waals surface area (Å²) in [7, 11) is 0. The van der Waals surface area contributed by atoms with Crippen molar-refractivity contribution in [3.63, 3.8) is 0 Å². The number of benzene rings is 1. The zero-order valence-corrected chi connectivity index (χ0v) is 12.0. The van der Waals surface area contributed by atoms with Crippen LogP contribution < -0.4 is 5.48 Å². The molecule has 0 aliphatic heterocycles. The Hall–Kier alpha value is -1.52. The van der Waals surface area contributed by atoms with E-state index in [2.05, 4.69) is 5.48 Å². The molecule has 1 fully saturated rings. The first-order valence-corrected chi connectivity index (χ1v) is 7.17. The lowest BCUT2D eigenvalue weighted by atomic mass is 10.1. The number of hydroxylamine groups is 1. The second-order valence-electron chi connectivity index (χ2n) is 5.15. The summed E-state index contributed by atoms with van der Waals surface area (Å²) in [6.45, 7) is 1.84. The summed E-state index contributed by atoms with van der Waals surface area (Å²) in [5.41, 5.74) is 3.92. The maximum atomic E-state index is 12.1. The van der Waals surface area contributed by atoms with Gasteiger partial charge in [-0.1, -0.05) is 24.4 Å². The van der Waals surface area contributed by atoms with Crippen molar-refractivity contribution in [3.05, 3.63) is 34.5 Å². The summed E-state index contributed by atoms with van der Waals surface area (Å²) in [5.74, 6) is -0.0676. The smallest absolute Gasteiger partial charge is 0.310 e. The Labute approximate surface area is 122 Å². The van der Waals surface area contributed by atoms with Crippen LogP contribution in [0.4, 0.5) is 0 Å². The number of carbonyl (C=O) groups excluding carboxylic acids is 1. The molecule has 1 aliphatic carbocycles. The first-order valence-electron chi connectivity index (χ1n) is 6.80. The number of hydrogen-bond acceptors (Lipinski definition) is 3. The van der Waals surface area contributed by atoms with E-state index in [1.54, 1.807) is 18.2 Å². The van der Waals surface area contributed by atoms with Crippen LogP contribution >= 0.6 is 11.6 Å². The van der Waals surface area contributed by atoms with E-state index >= 15 is 0 Å². The molecule has 1 aromatic carbocycles. The van der Waals surface area contributed by atoms with E-state index < -0.39 is 0 Å². The number of amides is 1. The fourth-order valence-corrected chi connectivity index (χ4v) is 2.77. The van der Waals surface area contributed by atoms with Crippen LogP contribution in [0.3, 0.4) is 0 Å². The minimum absolute atomic E-state index is 0.123. The maximum Gasteiger partial charge on any atom is 0.310 e. The Kier molecular flexibility index (Phi) is 3.68. The Bertz CT molecular complexity index is 644.